The van der Waals surface area contributed by atoms with Gasteiger partial charge in [-0.3, -0.25) is 4.79 Å². The Labute approximate surface area is 80.9 Å². The maximum absolute atomic E-state index is 11.4. The van der Waals surface area contributed by atoms with Crippen LogP contribution >= 0.6 is 0 Å². The highest BCUT2D eigenvalue weighted by molar-refractivity contribution is 5.90. The van der Waals surface area contributed by atoms with E-state index in [1.54, 1.807) is 0 Å². The second kappa shape index (κ2) is 4.75. The lowest BCUT2D eigenvalue weighted by atomic mass is 10.0. The number of rotatable bonds is 7. The average molecular weight is 183 g/mol. The predicted octanol–water partition coefficient (Wildman–Crippen LogP) is 2.41. The number of ketones is 1. The summed E-state index contributed by atoms with van der Waals surface area (Å²) < 4.78 is 0. The smallest absolute Gasteiger partial charge is 0.152 e. The Morgan fingerprint density at radius 1 is 1.23 bits per heavy atom. The van der Waals surface area contributed by atoms with E-state index in [9.17, 15) is 4.79 Å². The second-order valence-electron chi connectivity index (χ2n) is 4.24. The highest BCUT2D eigenvalue weighted by Crippen LogP contribution is 2.34. The SMILES string of the molecule is CCCCCCCC(=O)C1(N)CC1. The largest absolute Gasteiger partial charge is 0.319 e. The summed E-state index contributed by atoms with van der Waals surface area (Å²) in [5.74, 6) is 0.295. The lowest BCUT2D eigenvalue weighted by molar-refractivity contribution is -0.121. The van der Waals surface area contributed by atoms with E-state index in [1.807, 2.05) is 0 Å². The summed E-state index contributed by atoms with van der Waals surface area (Å²) in [5, 5.41) is 0. The van der Waals surface area contributed by atoms with Crippen LogP contribution < -0.4 is 5.73 Å². The van der Waals surface area contributed by atoms with Crippen molar-refractivity contribution in [3.05, 3.63) is 0 Å². The normalized spacial score (nSPS) is 18.6. The van der Waals surface area contributed by atoms with E-state index >= 15 is 0 Å². The fourth-order valence-electron chi connectivity index (χ4n) is 1.55. The van der Waals surface area contributed by atoms with Crippen molar-refractivity contribution in [1.82, 2.24) is 0 Å². The van der Waals surface area contributed by atoms with Crippen molar-refractivity contribution in [3.63, 3.8) is 0 Å². The summed E-state index contributed by atoms with van der Waals surface area (Å²) in [6, 6.07) is 0. The van der Waals surface area contributed by atoms with Crippen molar-refractivity contribution in [2.24, 2.45) is 5.73 Å². The third kappa shape index (κ3) is 3.47. The Balaban J connectivity index is 1.96. The molecule has 1 rings (SSSR count). The van der Waals surface area contributed by atoms with Gasteiger partial charge in [0.05, 0.1) is 5.54 Å². The minimum Gasteiger partial charge on any atom is -0.319 e. The van der Waals surface area contributed by atoms with Gasteiger partial charge in [-0.05, 0) is 19.3 Å². The van der Waals surface area contributed by atoms with Gasteiger partial charge in [0.2, 0.25) is 0 Å². The van der Waals surface area contributed by atoms with Gasteiger partial charge < -0.3 is 5.73 Å². The van der Waals surface area contributed by atoms with Gasteiger partial charge in [0.25, 0.3) is 0 Å². The molecule has 13 heavy (non-hydrogen) atoms. The minimum absolute atomic E-state index is 0.295. The molecule has 1 fully saturated rings. The van der Waals surface area contributed by atoms with Gasteiger partial charge in [0.15, 0.2) is 5.78 Å². The number of nitrogens with two attached hydrogens (primary N) is 1. The number of Topliss-reactive ketones (excluding diaryl/α,β-unsaturated/α-hetero) is 1. The molecule has 0 radical (unpaired) electrons. The molecule has 2 nitrogen and oxygen atoms in total. The highest BCUT2D eigenvalue weighted by Gasteiger charge is 2.44. The fourth-order valence-corrected chi connectivity index (χ4v) is 1.55. The third-order valence-electron chi connectivity index (χ3n) is 2.85. The first-order valence-electron chi connectivity index (χ1n) is 5.51. The van der Waals surface area contributed by atoms with E-state index in [4.69, 9.17) is 5.73 Å². The summed E-state index contributed by atoms with van der Waals surface area (Å²) in [6.45, 7) is 2.20. The summed E-state index contributed by atoms with van der Waals surface area (Å²) >= 11 is 0. The fraction of sp³-hybridized carbons (Fsp3) is 0.909. The molecule has 2 N–H and O–H groups in total. The van der Waals surface area contributed by atoms with Crippen LogP contribution in [0.15, 0.2) is 0 Å². The van der Waals surface area contributed by atoms with Gasteiger partial charge >= 0.3 is 0 Å². The van der Waals surface area contributed by atoms with E-state index in [0.717, 1.165) is 19.3 Å². The van der Waals surface area contributed by atoms with E-state index in [0.29, 0.717) is 12.2 Å². The van der Waals surface area contributed by atoms with E-state index in [-0.39, 0.29) is 5.54 Å². The second-order valence-corrected chi connectivity index (χ2v) is 4.24. The highest BCUT2D eigenvalue weighted by atomic mass is 16.1. The van der Waals surface area contributed by atoms with Crippen LogP contribution in [-0.2, 0) is 4.79 Å². The van der Waals surface area contributed by atoms with Crippen molar-refractivity contribution in [1.29, 1.82) is 0 Å². The zero-order valence-corrected chi connectivity index (χ0v) is 8.64. The van der Waals surface area contributed by atoms with Crippen LogP contribution in [0.1, 0.15) is 58.3 Å². The molecular formula is C11H21NO. The van der Waals surface area contributed by atoms with Crippen LogP contribution in [0.2, 0.25) is 0 Å². The summed E-state index contributed by atoms with van der Waals surface area (Å²) in [7, 11) is 0. The molecule has 0 aliphatic heterocycles. The van der Waals surface area contributed by atoms with Crippen LogP contribution in [0.4, 0.5) is 0 Å². The van der Waals surface area contributed by atoms with Crippen LogP contribution in [0.5, 0.6) is 0 Å². The van der Waals surface area contributed by atoms with Crippen LogP contribution in [-0.4, -0.2) is 11.3 Å². The van der Waals surface area contributed by atoms with Crippen LogP contribution in [0.3, 0.4) is 0 Å². The molecule has 0 bridgehead atoms. The Kier molecular flexibility index (Phi) is 3.91. The number of carbonyl (C=O) groups excluding carboxylic acids is 1. The zero-order chi connectivity index (χ0) is 9.73. The van der Waals surface area contributed by atoms with E-state index in [1.165, 1.54) is 25.7 Å². The molecular weight excluding hydrogens is 162 g/mol. The number of hydrogen-bond acceptors (Lipinski definition) is 2. The summed E-state index contributed by atoms with van der Waals surface area (Å²) in [4.78, 5) is 11.4. The Morgan fingerprint density at radius 2 is 1.85 bits per heavy atom. The number of unbranched alkanes of at least 4 members (excludes halogenated alkanes) is 4. The quantitative estimate of drug-likeness (QED) is 0.616. The van der Waals surface area contributed by atoms with Crippen molar-refractivity contribution in [2.45, 2.75) is 63.8 Å². The first-order valence-corrected chi connectivity index (χ1v) is 5.51. The molecule has 0 atom stereocenters. The average Bonchev–Trinajstić information content (AvgIpc) is 2.84. The molecule has 2 heteroatoms. The molecule has 0 aromatic carbocycles. The summed E-state index contributed by atoms with van der Waals surface area (Å²) in [6.07, 6.45) is 8.59. The standard InChI is InChI=1S/C11H21NO/c1-2-3-4-5-6-7-10(13)11(12)8-9-11/h2-9,12H2,1H3. The van der Waals surface area contributed by atoms with Crippen molar-refractivity contribution >= 4 is 5.78 Å². The molecule has 0 aromatic heterocycles. The lowest BCUT2D eigenvalue weighted by Gasteiger charge is -2.06. The van der Waals surface area contributed by atoms with Crippen molar-refractivity contribution < 1.29 is 4.79 Å². The molecule has 76 valence electrons. The van der Waals surface area contributed by atoms with Crippen molar-refractivity contribution in [2.75, 3.05) is 0 Å². The van der Waals surface area contributed by atoms with Gasteiger partial charge in [0, 0.05) is 6.42 Å². The molecule has 1 aliphatic rings. The molecule has 0 saturated heterocycles. The number of hydrogen-bond donors (Lipinski definition) is 1. The van der Waals surface area contributed by atoms with Gasteiger partial charge in [-0.25, -0.2) is 0 Å². The minimum atomic E-state index is -0.384. The first-order chi connectivity index (χ1) is 6.19. The first kappa shape index (κ1) is 10.7. The molecule has 1 saturated carbocycles. The van der Waals surface area contributed by atoms with E-state index < -0.39 is 0 Å². The van der Waals surface area contributed by atoms with E-state index in [2.05, 4.69) is 6.92 Å². The Hall–Kier alpha value is -0.370. The predicted molar refractivity (Wildman–Crippen MR) is 54.5 cm³/mol. The Bertz CT molecular complexity index is 173. The summed E-state index contributed by atoms with van der Waals surface area (Å²) in [5.41, 5.74) is 5.40. The van der Waals surface area contributed by atoms with Crippen LogP contribution in [0.25, 0.3) is 0 Å². The maximum atomic E-state index is 11.4. The van der Waals surface area contributed by atoms with Gasteiger partial charge in [-0.1, -0.05) is 32.6 Å². The number of carbonyl (C=O) groups is 1. The third-order valence-corrected chi connectivity index (χ3v) is 2.85. The van der Waals surface area contributed by atoms with Gasteiger partial charge in [-0.15, -0.1) is 0 Å². The van der Waals surface area contributed by atoms with Gasteiger partial charge in [0.1, 0.15) is 0 Å². The zero-order valence-electron chi connectivity index (χ0n) is 8.64. The maximum Gasteiger partial charge on any atom is 0.152 e. The monoisotopic (exact) mass is 183 g/mol. The molecule has 0 aromatic rings. The van der Waals surface area contributed by atoms with Crippen LogP contribution in [0, 0.1) is 0 Å². The molecule has 0 spiro atoms. The Morgan fingerprint density at radius 3 is 2.38 bits per heavy atom. The molecule has 0 unspecified atom stereocenters. The topological polar surface area (TPSA) is 43.1 Å². The molecule has 1 aliphatic carbocycles. The molecule has 0 heterocycles. The lowest BCUT2D eigenvalue weighted by Crippen LogP contribution is -2.32. The molecule has 0 amide bonds. The van der Waals surface area contributed by atoms with Gasteiger partial charge in [-0.2, -0.15) is 0 Å². The van der Waals surface area contributed by atoms with Crippen molar-refractivity contribution in [3.8, 4) is 0 Å².